The quantitative estimate of drug-likeness (QED) is 0.176. The number of thiophene rings is 1. The molecule has 0 saturated heterocycles. The maximum Gasteiger partial charge on any atom is 0.164 e. The topological polar surface area (TPSA) is 48.5 Å². The molecule has 0 N–H and O–H groups in total. The highest BCUT2D eigenvalue weighted by Gasteiger charge is 2.22. The predicted molar refractivity (Wildman–Crippen MR) is 238 cm³/mol. The van der Waals surface area contributed by atoms with E-state index >= 15 is 0 Å². The summed E-state index contributed by atoms with van der Waals surface area (Å²) in [6.45, 7) is 0. The fourth-order valence-corrected chi connectivity index (χ4v) is 9.87. The van der Waals surface area contributed by atoms with Crippen LogP contribution in [0.3, 0.4) is 0 Å². The number of fused-ring (bicyclic) bond motifs is 10. The number of hydrogen-bond donors (Lipinski definition) is 0. The van der Waals surface area contributed by atoms with Crippen molar-refractivity contribution in [2.24, 2.45) is 0 Å². The monoisotopic (exact) mass is 745 g/mol. The first-order chi connectivity index (χ1) is 28.3. The molecule has 0 amide bonds. The SMILES string of the molecule is c1ccc(-c2nc(-c3cccc(-n4c5ccccc5c5c6c7ccccc7n(-c7ccccc7)c6ccc54)c3)nc(-c3cccc4sc5ccccc5c34)n2)cc1. The first-order valence-corrected chi connectivity index (χ1v) is 19.9. The van der Waals surface area contributed by atoms with E-state index in [9.17, 15) is 0 Å². The van der Waals surface area contributed by atoms with E-state index in [-0.39, 0.29) is 0 Å². The van der Waals surface area contributed by atoms with Gasteiger partial charge in [0.15, 0.2) is 17.5 Å². The molecule has 0 saturated carbocycles. The van der Waals surface area contributed by atoms with E-state index in [0.717, 1.165) is 39.1 Å². The van der Waals surface area contributed by atoms with Crippen LogP contribution >= 0.6 is 11.3 Å². The zero-order valence-corrected chi connectivity index (χ0v) is 31.4. The van der Waals surface area contributed by atoms with E-state index in [1.54, 1.807) is 11.3 Å². The molecule has 266 valence electrons. The molecule has 0 atom stereocenters. The molecule has 57 heavy (non-hydrogen) atoms. The second-order valence-corrected chi connectivity index (χ2v) is 15.5. The average Bonchev–Trinajstić information content (AvgIpc) is 3.94. The molecule has 12 aromatic rings. The highest BCUT2D eigenvalue weighted by molar-refractivity contribution is 7.25. The first kappa shape index (κ1) is 31.9. The Balaban J connectivity index is 1.09. The Kier molecular flexibility index (Phi) is 7.03. The van der Waals surface area contributed by atoms with E-state index in [1.807, 2.05) is 18.2 Å². The Labute approximate surface area is 331 Å². The average molecular weight is 746 g/mol. The molecule has 8 aromatic carbocycles. The summed E-state index contributed by atoms with van der Waals surface area (Å²) in [6.07, 6.45) is 0. The molecule has 0 fully saturated rings. The summed E-state index contributed by atoms with van der Waals surface area (Å²) in [7, 11) is 0. The van der Waals surface area contributed by atoms with Crippen molar-refractivity contribution in [2.75, 3.05) is 0 Å². The van der Waals surface area contributed by atoms with E-state index in [1.165, 1.54) is 52.8 Å². The lowest BCUT2D eigenvalue weighted by atomic mass is 10.1. The fraction of sp³-hybridized carbons (Fsp3) is 0. The molecule has 0 aliphatic rings. The van der Waals surface area contributed by atoms with Crippen LogP contribution in [0.5, 0.6) is 0 Å². The van der Waals surface area contributed by atoms with Crippen molar-refractivity contribution < 1.29 is 0 Å². The Bertz CT molecular complexity index is 3520. The Morgan fingerprint density at radius 1 is 0.333 bits per heavy atom. The van der Waals surface area contributed by atoms with Gasteiger partial charge in [-0.1, -0.05) is 127 Å². The molecule has 0 spiro atoms. The minimum Gasteiger partial charge on any atom is -0.309 e. The van der Waals surface area contributed by atoms with Crippen molar-refractivity contribution in [2.45, 2.75) is 0 Å². The summed E-state index contributed by atoms with van der Waals surface area (Å²) in [4.78, 5) is 15.6. The number of para-hydroxylation sites is 3. The van der Waals surface area contributed by atoms with Gasteiger partial charge in [0.2, 0.25) is 0 Å². The van der Waals surface area contributed by atoms with Gasteiger partial charge in [0.25, 0.3) is 0 Å². The summed E-state index contributed by atoms with van der Waals surface area (Å²) < 4.78 is 7.24. The van der Waals surface area contributed by atoms with Gasteiger partial charge in [-0.2, -0.15) is 0 Å². The molecule has 0 aliphatic carbocycles. The van der Waals surface area contributed by atoms with Crippen LogP contribution in [0.4, 0.5) is 0 Å². The fourth-order valence-electron chi connectivity index (χ4n) is 8.74. The van der Waals surface area contributed by atoms with Crippen LogP contribution in [-0.4, -0.2) is 24.1 Å². The number of hydrogen-bond acceptors (Lipinski definition) is 4. The van der Waals surface area contributed by atoms with Gasteiger partial charge >= 0.3 is 0 Å². The van der Waals surface area contributed by atoms with Gasteiger partial charge in [-0.05, 0) is 60.7 Å². The lowest BCUT2D eigenvalue weighted by Crippen LogP contribution is -2.01. The zero-order valence-electron chi connectivity index (χ0n) is 30.5. The minimum atomic E-state index is 0.631. The summed E-state index contributed by atoms with van der Waals surface area (Å²) in [5.41, 5.74) is 9.73. The second-order valence-electron chi connectivity index (χ2n) is 14.4. The second kappa shape index (κ2) is 12.6. The standard InChI is InChI=1S/C51H31N5S/c1-3-15-32(16-4-1)49-52-50(54-51(53-49)39-24-14-28-45-46(39)38-23-9-12-27-44(38)57-45)33-17-13-20-35(31-33)56-41-26-11-8-22-37(41)48-43(56)30-29-42-47(48)36-21-7-10-25-40(36)55(42)34-18-5-2-6-19-34/h1-31H. The third kappa shape index (κ3) is 4.91. The number of rotatable bonds is 5. The number of nitrogens with zero attached hydrogens (tertiary/aromatic N) is 5. The summed E-state index contributed by atoms with van der Waals surface area (Å²) >= 11 is 1.80. The molecule has 5 nitrogen and oxygen atoms in total. The molecular weight excluding hydrogens is 715 g/mol. The van der Waals surface area contributed by atoms with Gasteiger partial charge in [-0.15, -0.1) is 11.3 Å². The maximum absolute atomic E-state index is 5.26. The van der Waals surface area contributed by atoms with Gasteiger partial charge in [-0.3, -0.25) is 0 Å². The Morgan fingerprint density at radius 2 is 0.842 bits per heavy atom. The van der Waals surface area contributed by atoms with Crippen molar-refractivity contribution in [1.82, 2.24) is 24.1 Å². The van der Waals surface area contributed by atoms with Crippen LogP contribution in [0.1, 0.15) is 0 Å². The van der Waals surface area contributed by atoms with Crippen LogP contribution < -0.4 is 0 Å². The van der Waals surface area contributed by atoms with Gasteiger partial charge < -0.3 is 9.13 Å². The van der Waals surface area contributed by atoms with E-state index in [2.05, 4.69) is 179 Å². The van der Waals surface area contributed by atoms with Crippen molar-refractivity contribution in [3.8, 4) is 45.5 Å². The molecule has 0 unspecified atom stereocenters. The zero-order chi connectivity index (χ0) is 37.5. The van der Waals surface area contributed by atoms with Gasteiger partial charge in [0, 0.05) is 69.8 Å². The van der Waals surface area contributed by atoms with Crippen LogP contribution in [0.2, 0.25) is 0 Å². The first-order valence-electron chi connectivity index (χ1n) is 19.1. The summed E-state index contributed by atoms with van der Waals surface area (Å²) in [5, 5.41) is 7.33. The highest BCUT2D eigenvalue weighted by atomic mass is 32.1. The number of aromatic nitrogens is 5. The molecule has 4 aromatic heterocycles. The maximum atomic E-state index is 5.26. The molecular formula is C51H31N5S. The molecule has 4 heterocycles. The van der Waals surface area contributed by atoms with Crippen LogP contribution in [-0.2, 0) is 0 Å². The lowest BCUT2D eigenvalue weighted by molar-refractivity contribution is 1.07. The number of benzene rings is 8. The lowest BCUT2D eigenvalue weighted by Gasteiger charge is -2.12. The van der Waals surface area contributed by atoms with Gasteiger partial charge in [0.05, 0.1) is 22.1 Å². The Hall–Kier alpha value is -7.41. The van der Waals surface area contributed by atoms with E-state index in [4.69, 9.17) is 15.0 Å². The van der Waals surface area contributed by atoms with Crippen LogP contribution in [0.25, 0.3) is 109 Å². The summed E-state index contributed by atoms with van der Waals surface area (Å²) in [6, 6.07) is 66.6. The molecule has 0 radical (unpaired) electrons. The van der Waals surface area contributed by atoms with Crippen LogP contribution in [0, 0.1) is 0 Å². The van der Waals surface area contributed by atoms with Gasteiger partial charge in [-0.25, -0.2) is 15.0 Å². The van der Waals surface area contributed by atoms with Gasteiger partial charge in [0.1, 0.15) is 0 Å². The predicted octanol–water partition coefficient (Wildman–Crippen LogP) is 13.4. The van der Waals surface area contributed by atoms with Crippen molar-refractivity contribution in [3.63, 3.8) is 0 Å². The highest BCUT2D eigenvalue weighted by Crippen LogP contribution is 2.43. The van der Waals surface area contributed by atoms with Crippen molar-refractivity contribution >= 4 is 75.1 Å². The van der Waals surface area contributed by atoms with E-state index < -0.39 is 0 Å². The molecule has 0 bridgehead atoms. The summed E-state index contributed by atoms with van der Waals surface area (Å²) in [5.74, 6) is 1.94. The largest absolute Gasteiger partial charge is 0.309 e. The smallest absolute Gasteiger partial charge is 0.164 e. The molecule has 6 heteroatoms. The minimum absolute atomic E-state index is 0.631. The third-order valence-corrected chi connectivity index (χ3v) is 12.3. The normalized spacial score (nSPS) is 11.9. The third-order valence-electron chi connectivity index (χ3n) is 11.2. The molecule has 12 rings (SSSR count). The van der Waals surface area contributed by atoms with Crippen molar-refractivity contribution in [3.05, 3.63) is 188 Å². The van der Waals surface area contributed by atoms with Crippen molar-refractivity contribution in [1.29, 1.82) is 0 Å². The van der Waals surface area contributed by atoms with Crippen LogP contribution in [0.15, 0.2) is 188 Å². The van der Waals surface area contributed by atoms with E-state index in [0.29, 0.717) is 17.5 Å². The molecule has 0 aliphatic heterocycles. The Morgan fingerprint density at radius 3 is 1.56 bits per heavy atom.